The molecular weight excluding hydrogens is 284 g/mol. The molecular formula is C20H22N2O. The van der Waals surface area contributed by atoms with Crippen LogP contribution in [0.15, 0.2) is 54.6 Å². The number of nitrogens with two attached hydrogens (primary N) is 1. The molecule has 0 radical (unpaired) electrons. The highest BCUT2D eigenvalue weighted by molar-refractivity contribution is 5.71. The Kier molecular flexibility index (Phi) is 3.68. The summed E-state index contributed by atoms with van der Waals surface area (Å²) in [6, 6.07) is 16.9. The van der Waals surface area contributed by atoms with Crippen LogP contribution in [0, 0.1) is 0 Å². The molecule has 1 spiro atoms. The maximum Gasteiger partial charge on any atom is 0.141 e. The molecule has 3 nitrogen and oxygen atoms in total. The van der Waals surface area contributed by atoms with Gasteiger partial charge in [-0.05, 0) is 29.3 Å². The van der Waals surface area contributed by atoms with Gasteiger partial charge in [-0.15, -0.1) is 0 Å². The van der Waals surface area contributed by atoms with Crippen molar-refractivity contribution in [1.29, 1.82) is 0 Å². The first kappa shape index (κ1) is 14.5. The molecule has 0 saturated carbocycles. The maximum atomic E-state index is 6.38. The first-order valence-corrected chi connectivity index (χ1v) is 8.28. The highest BCUT2D eigenvalue weighted by Gasteiger charge is 2.39. The lowest BCUT2D eigenvalue weighted by Gasteiger charge is -2.31. The molecule has 1 saturated heterocycles. The molecule has 2 heterocycles. The minimum absolute atomic E-state index is 0.170. The van der Waals surface area contributed by atoms with Crippen LogP contribution in [0.4, 0.5) is 0 Å². The van der Waals surface area contributed by atoms with Crippen molar-refractivity contribution < 1.29 is 4.74 Å². The van der Waals surface area contributed by atoms with Crippen molar-refractivity contribution in [3.05, 3.63) is 60.2 Å². The zero-order chi connectivity index (χ0) is 15.7. The summed E-state index contributed by atoms with van der Waals surface area (Å²) in [5.74, 6) is 0.988. The van der Waals surface area contributed by atoms with Crippen molar-refractivity contribution in [2.24, 2.45) is 5.73 Å². The van der Waals surface area contributed by atoms with Gasteiger partial charge in [-0.2, -0.15) is 0 Å². The van der Waals surface area contributed by atoms with Gasteiger partial charge in [0.1, 0.15) is 11.4 Å². The molecule has 1 fully saturated rings. The molecule has 0 amide bonds. The number of nitrogens with zero attached hydrogens (tertiary/aromatic N) is 1. The van der Waals surface area contributed by atoms with E-state index < -0.39 is 0 Å². The standard InChI is InChI=1S/C20H22N2O/c21-11-13-22-12-10-20(15-22)9-8-18-14-17(6-7-19(18)23-20)16-4-2-1-3-5-16/h1-9,14H,10-13,15,21H2. The van der Waals surface area contributed by atoms with Crippen LogP contribution in [-0.4, -0.2) is 36.7 Å². The van der Waals surface area contributed by atoms with Gasteiger partial charge in [-0.3, -0.25) is 4.90 Å². The van der Waals surface area contributed by atoms with Gasteiger partial charge in [0.15, 0.2) is 0 Å². The highest BCUT2D eigenvalue weighted by atomic mass is 16.5. The van der Waals surface area contributed by atoms with E-state index in [1.165, 1.54) is 11.1 Å². The minimum Gasteiger partial charge on any atom is -0.481 e. The van der Waals surface area contributed by atoms with Gasteiger partial charge in [0.2, 0.25) is 0 Å². The van der Waals surface area contributed by atoms with E-state index in [1.54, 1.807) is 0 Å². The van der Waals surface area contributed by atoms with Crippen LogP contribution >= 0.6 is 0 Å². The average Bonchev–Trinajstić information content (AvgIpc) is 2.98. The van der Waals surface area contributed by atoms with E-state index in [0.29, 0.717) is 6.54 Å². The van der Waals surface area contributed by atoms with Crippen molar-refractivity contribution in [3.8, 4) is 16.9 Å². The molecule has 1 unspecified atom stereocenters. The first-order valence-electron chi connectivity index (χ1n) is 8.28. The summed E-state index contributed by atoms with van der Waals surface area (Å²) in [6.07, 6.45) is 5.49. The summed E-state index contributed by atoms with van der Waals surface area (Å²) in [4.78, 5) is 2.38. The fourth-order valence-corrected chi connectivity index (χ4v) is 3.55. The number of hydrogen-bond donors (Lipinski definition) is 1. The van der Waals surface area contributed by atoms with Crippen LogP contribution in [-0.2, 0) is 0 Å². The molecule has 2 aromatic rings. The molecule has 2 aliphatic rings. The second-order valence-electron chi connectivity index (χ2n) is 6.43. The van der Waals surface area contributed by atoms with Gasteiger partial charge in [0, 0.05) is 38.2 Å². The van der Waals surface area contributed by atoms with Gasteiger partial charge in [-0.25, -0.2) is 0 Å². The molecule has 2 aliphatic heterocycles. The second-order valence-corrected chi connectivity index (χ2v) is 6.43. The topological polar surface area (TPSA) is 38.5 Å². The number of benzene rings is 2. The Bertz CT molecular complexity index is 726. The van der Waals surface area contributed by atoms with Crippen LogP contribution in [0.2, 0.25) is 0 Å². The fourth-order valence-electron chi connectivity index (χ4n) is 3.55. The maximum absolute atomic E-state index is 6.38. The highest BCUT2D eigenvalue weighted by Crippen LogP contribution is 2.38. The zero-order valence-corrected chi connectivity index (χ0v) is 13.2. The summed E-state index contributed by atoms with van der Waals surface area (Å²) in [6.45, 7) is 3.63. The molecule has 2 N–H and O–H groups in total. The van der Waals surface area contributed by atoms with Crippen molar-refractivity contribution >= 4 is 6.08 Å². The fraction of sp³-hybridized carbons (Fsp3) is 0.300. The van der Waals surface area contributed by atoms with Crippen molar-refractivity contribution in [2.75, 3.05) is 26.2 Å². The summed E-state index contributed by atoms with van der Waals surface area (Å²) >= 11 is 0. The Morgan fingerprint density at radius 2 is 1.96 bits per heavy atom. The van der Waals surface area contributed by atoms with Gasteiger partial charge < -0.3 is 10.5 Å². The van der Waals surface area contributed by atoms with E-state index in [0.717, 1.165) is 37.4 Å². The van der Waals surface area contributed by atoms with Crippen molar-refractivity contribution in [3.63, 3.8) is 0 Å². The Morgan fingerprint density at radius 1 is 1.09 bits per heavy atom. The summed E-state index contributed by atoms with van der Waals surface area (Å²) < 4.78 is 6.38. The molecule has 0 aliphatic carbocycles. The summed E-state index contributed by atoms with van der Waals surface area (Å²) in [5.41, 5.74) is 9.13. The first-order chi connectivity index (χ1) is 11.3. The Balaban J connectivity index is 1.59. The third-order valence-corrected chi connectivity index (χ3v) is 4.78. The molecule has 23 heavy (non-hydrogen) atoms. The molecule has 4 rings (SSSR count). The molecule has 2 aromatic carbocycles. The summed E-state index contributed by atoms with van der Waals surface area (Å²) in [7, 11) is 0. The molecule has 3 heteroatoms. The number of rotatable bonds is 3. The summed E-state index contributed by atoms with van der Waals surface area (Å²) in [5, 5.41) is 0. The van der Waals surface area contributed by atoms with Crippen LogP contribution in [0.25, 0.3) is 17.2 Å². The van der Waals surface area contributed by atoms with E-state index in [1.807, 2.05) is 6.07 Å². The zero-order valence-electron chi connectivity index (χ0n) is 13.2. The lowest BCUT2D eigenvalue weighted by Crippen LogP contribution is -2.39. The Labute approximate surface area is 137 Å². The van der Waals surface area contributed by atoms with Gasteiger partial charge >= 0.3 is 0 Å². The molecule has 0 aromatic heterocycles. The second kappa shape index (κ2) is 5.84. The predicted octanol–water partition coefficient (Wildman–Crippen LogP) is 3.16. The largest absolute Gasteiger partial charge is 0.481 e. The smallest absolute Gasteiger partial charge is 0.141 e. The van der Waals surface area contributed by atoms with Crippen LogP contribution in [0.3, 0.4) is 0 Å². The number of ether oxygens (including phenoxy) is 1. The van der Waals surface area contributed by atoms with E-state index in [2.05, 4.69) is 59.5 Å². The lowest BCUT2D eigenvalue weighted by molar-refractivity contribution is 0.123. The normalized spacial score (nSPS) is 23.0. The minimum atomic E-state index is -0.170. The van der Waals surface area contributed by atoms with E-state index in [9.17, 15) is 0 Å². The van der Waals surface area contributed by atoms with Crippen molar-refractivity contribution in [2.45, 2.75) is 12.0 Å². The molecule has 118 valence electrons. The quantitative estimate of drug-likeness (QED) is 0.946. The third-order valence-electron chi connectivity index (χ3n) is 4.78. The SMILES string of the molecule is NCCN1CCC2(C=Cc3cc(-c4ccccc4)ccc3O2)C1. The van der Waals surface area contributed by atoms with E-state index in [4.69, 9.17) is 10.5 Å². The number of likely N-dealkylation sites (tertiary alicyclic amines) is 1. The average molecular weight is 306 g/mol. The number of hydrogen-bond acceptors (Lipinski definition) is 3. The van der Waals surface area contributed by atoms with E-state index >= 15 is 0 Å². The van der Waals surface area contributed by atoms with Crippen molar-refractivity contribution in [1.82, 2.24) is 4.90 Å². The predicted molar refractivity (Wildman–Crippen MR) is 94.4 cm³/mol. The monoisotopic (exact) mass is 306 g/mol. The van der Waals surface area contributed by atoms with Gasteiger partial charge in [-0.1, -0.05) is 42.5 Å². The Hall–Kier alpha value is -2.10. The molecule has 1 atom stereocenters. The number of fused-ring (bicyclic) bond motifs is 1. The van der Waals surface area contributed by atoms with E-state index in [-0.39, 0.29) is 5.60 Å². The molecule has 0 bridgehead atoms. The van der Waals surface area contributed by atoms with Gasteiger partial charge in [0.05, 0.1) is 0 Å². The van der Waals surface area contributed by atoms with Gasteiger partial charge in [0.25, 0.3) is 0 Å². The van der Waals surface area contributed by atoms with Crippen LogP contribution < -0.4 is 10.5 Å². The Morgan fingerprint density at radius 3 is 2.78 bits per heavy atom. The van der Waals surface area contributed by atoms with Crippen LogP contribution in [0.5, 0.6) is 5.75 Å². The third kappa shape index (κ3) is 2.78. The lowest BCUT2D eigenvalue weighted by atomic mass is 9.95. The van der Waals surface area contributed by atoms with Crippen LogP contribution in [0.1, 0.15) is 12.0 Å².